The third kappa shape index (κ3) is 8.66. The van der Waals surface area contributed by atoms with Crippen molar-refractivity contribution < 1.29 is 19.2 Å². The van der Waals surface area contributed by atoms with Crippen LogP contribution in [-0.2, 0) is 22.4 Å². The van der Waals surface area contributed by atoms with Crippen LogP contribution in [-0.4, -0.2) is 55.6 Å². The largest absolute Gasteiger partial charge is 0.508 e. The van der Waals surface area contributed by atoms with E-state index in [0.29, 0.717) is 31.6 Å². The molecule has 0 radical (unpaired) electrons. The van der Waals surface area contributed by atoms with Crippen LogP contribution in [0.25, 0.3) is 11.4 Å². The quantitative estimate of drug-likeness (QED) is 0.0711. The number of phenols is 1. The van der Waals surface area contributed by atoms with Gasteiger partial charge in [0, 0.05) is 42.8 Å². The number of carbonyl (C=O) groups is 2. The number of rotatable bonds is 14. The highest BCUT2D eigenvalue weighted by atomic mass is 16.5. The fourth-order valence-corrected chi connectivity index (χ4v) is 4.93. The van der Waals surface area contributed by atoms with Crippen molar-refractivity contribution in [1.82, 2.24) is 30.7 Å². The van der Waals surface area contributed by atoms with Crippen LogP contribution in [0.15, 0.2) is 64.5 Å². The number of nitrogens with one attached hydrogen (secondary N) is 3. The molecule has 0 unspecified atom stereocenters. The highest BCUT2D eigenvalue weighted by Crippen LogP contribution is 2.24. The minimum atomic E-state index is -0.939. The number of hydrogen-bond acceptors (Lipinski definition) is 8. The zero-order chi connectivity index (χ0) is 31.6. The van der Waals surface area contributed by atoms with Gasteiger partial charge in [0.15, 0.2) is 5.96 Å². The number of aromatic amines is 1. The summed E-state index contributed by atoms with van der Waals surface area (Å²) in [6.07, 6.45) is 4.83. The molecule has 0 fully saturated rings. The number of nitrogens with zero attached hydrogens (tertiary/aromatic N) is 4. The van der Waals surface area contributed by atoms with Gasteiger partial charge in [0.25, 0.3) is 0 Å². The van der Waals surface area contributed by atoms with Gasteiger partial charge in [-0.15, -0.1) is 0 Å². The number of benzene rings is 2. The van der Waals surface area contributed by atoms with Gasteiger partial charge in [-0.25, -0.2) is 4.98 Å². The van der Waals surface area contributed by atoms with Crippen LogP contribution in [0.1, 0.15) is 54.1 Å². The Balaban J connectivity index is 1.58. The molecule has 2 heterocycles. The number of aromatic hydroxyl groups is 1. The smallest absolute Gasteiger partial charge is 0.249 e. The maximum atomic E-state index is 14.0. The van der Waals surface area contributed by atoms with Gasteiger partial charge in [-0.05, 0) is 55.5 Å². The SMILES string of the molecule is Cc1cc(O)cc(C)c1C[C@H](NC(=O)[C@H](C)CCCN=C(N)N)C(=O)N[C@@H](Cc1cnc[nH]1)c1nc(-c2ccccc2)no1. The van der Waals surface area contributed by atoms with Crippen LogP contribution in [0.5, 0.6) is 5.75 Å². The molecule has 0 saturated carbocycles. The predicted octanol–water partition coefficient (Wildman–Crippen LogP) is 2.60. The third-order valence-corrected chi connectivity index (χ3v) is 7.33. The zero-order valence-electron chi connectivity index (χ0n) is 25.1. The normalized spacial score (nSPS) is 13.1. The van der Waals surface area contributed by atoms with E-state index in [1.54, 1.807) is 31.6 Å². The number of carbonyl (C=O) groups excluding carboxylic acids is 2. The Hall–Kier alpha value is -5.20. The number of aliphatic imine (C=N–C) groups is 1. The Bertz CT molecular complexity index is 1540. The van der Waals surface area contributed by atoms with Crippen molar-refractivity contribution in [2.45, 2.75) is 58.5 Å². The summed E-state index contributed by atoms with van der Waals surface area (Å²) in [6.45, 7) is 5.91. The molecule has 0 spiro atoms. The molecule has 2 aromatic carbocycles. The van der Waals surface area contributed by atoms with Crippen molar-refractivity contribution in [3.8, 4) is 17.1 Å². The van der Waals surface area contributed by atoms with Crippen LogP contribution >= 0.6 is 0 Å². The molecule has 232 valence electrons. The molecular weight excluding hydrogens is 562 g/mol. The van der Waals surface area contributed by atoms with E-state index in [-0.39, 0.29) is 29.9 Å². The molecule has 8 N–H and O–H groups in total. The lowest BCUT2D eigenvalue weighted by Crippen LogP contribution is -2.50. The van der Waals surface area contributed by atoms with Crippen LogP contribution in [0, 0.1) is 19.8 Å². The van der Waals surface area contributed by atoms with Crippen molar-refractivity contribution in [1.29, 1.82) is 0 Å². The van der Waals surface area contributed by atoms with E-state index >= 15 is 0 Å². The van der Waals surface area contributed by atoms with E-state index in [2.05, 4.69) is 35.7 Å². The third-order valence-electron chi connectivity index (χ3n) is 7.33. The first-order valence-corrected chi connectivity index (χ1v) is 14.4. The van der Waals surface area contributed by atoms with Gasteiger partial charge in [0.05, 0.1) is 6.33 Å². The number of phenolic OH excluding ortho intramolecular Hbond substituents is 1. The summed E-state index contributed by atoms with van der Waals surface area (Å²) in [6, 6.07) is 11.0. The van der Waals surface area contributed by atoms with Gasteiger partial charge in [0.1, 0.15) is 17.8 Å². The second-order valence-electron chi connectivity index (χ2n) is 10.8. The number of amides is 2. The Morgan fingerprint density at radius 3 is 2.45 bits per heavy atom. The van der Waals surface area contributed by atoms with Crippen molar-refractivity contribution in [2.24, 2.45) is 22.4 Å². The number of aryl methyl sites for hydroxylation is 2. The number of imidazole rings is 1. The molecule has 2 aromatic heterocycles. The van der Waals surface area contributed by atoms with Crippen molar-refractivity contribution in [3.05, 3.63) is 83.3 Å². The van der Waals surface area contributed by atoms with Gasteiger partial charge in [-0.1, -0.05) is 42.4 Å². The lowest BCUT2D eigenvalue weighted by molar-refractivity contribution is -0.131. The topological polar surface area (TPSA) is 210 Å². The average molecular weight is 602 g/mol. The van der Waals surface area contributed by atoms with Gasteiger partial charge >= 0.3 is 0 Å². The maximum absolute atomic E-state index is 14.0. The molecule has 4 rings (SSSR count). The number of nitrogens with two attached hydrogens (primary N) is 2. The lowest BCUT2D eigenvalue weighted by Gasteiger charge is -2.24. The molecule has 0 aliphatic carbocycles. The zero-order valence-corrected chi connectivity index (χ0v) is 25.1. The first-order chi connectivity index (χ1) is 21.1. The Morgan fingerprint density at radius 1 is 1.07 bits per heavy atom. The van der Waals surface area contributed by atoms with E-state index < -0.39 is 23.9 Å². The fourth-order valence-electron chi connectivity index (χ4n) is 4.93. The van der Waals surface area contributed by atoms with Crippen LogP contribution in [0.4, 0.5) is 0 Å². The fraction of sp³-hybridized carbons (Fsp3) is 0.355. The molecule has 44 heavy (non-hydrogen) atoms. The van der Waals surface area contributed by atoms with E-state index in [1.165, 1.54) is 0 Å². The summed E-state index contributed by atoms with van der Waals surface area (Å²) < 4.78 is 5.62. The van der Waals surface area contributed by atoms with E-state index in [1.807, 2.05) is 44.2 Å². The highest BCUT2D eigenvalue weighted by molar-refractivity contribution is 5.89. The first-order valence-electron chi connectivity index (χ1n) is 14.4. The highest BCUT2D eigenvalue weighted by Gasteiger charge is 2.30. The Kier molecular flexibility index (Phi) is 10.7. The van der Waals surface area contributed by atoms with Crippen molar-refractivity contribution in [3.63, 3.8) is 0 Å². The number of aromatic nitrogens is 4. The number of H-pyrrole nitrogens is 1. The monoisotopic (exact) mass is 601 g/mol. The summed E-state index contributed by atoms with van der Waals surface area (Å²) in [5.74, 6) is -0.373. The molecular formula is C31H39N9O4. The van der Waals surface area contributed by atoms with Crippen LogP contribution in [0.3, 0.4) is 0 Å². The number of guanidine groups is 1. The van der Waals surface area contributed by atoms with Crippen LogP contribution in [0.2, 0.25) is 0 Å². The van der Waals surface area contributed by atoms with Crippen molar-refractivity contribution in [2.75, 3.05) is 6.54 Å². The minimum Gasteiger partial charge on any atom is -0.508 e. The minimum absolute atomic E-state index is 0.000275. The molecule has 3 atom stereocenters. The molecule has 0 bridgehead atoms. The summed E-state index contributed by atoms with van der Waals surface area (Å²) in [5.41, 5.74) is 14.8. The van der Waals surface area contributed by atoms with Crippen LogP contribution < -0.4 is 22.1 Å². The van der Waals surface area contributed by atoms with Gasteiger partial charge < -0.3 is 36.7 Å². The lowest BCUT2D eigenvalue weighted by atomic mass is 9.94. The Morgan fingerprint density at radius 2 is 1.80 bits per heavy atom. The maximum Gasteiger partial charge on any atom is 0.249 e. The molecule has 4 aromatic rings. The number of hydrogen-bond donors (Lipinski definition) is 6. The van der Waals surface area contributed by atoms with E-state index in [0.717, 1.165) is 27.9 Å². The first kappa shape index (κ1) is 31.7. The Labute approximate surface area is 255 Å². The van der Waals surface area contributed by atoms with E-state index in [4.69, 9.17) is 16.0 Å². The molecule has 0 aliphatic rings. The molecule has 0 saturated heterocycles. The van der Waals surface area contributed by atoms with E-state index in [9.17, 15) is 14.7 Å². The summed E-state index contributed by atoms with van der Waals surface area (Å²) >= 11 is 0. The summed E-state index contributed by atoms with van der Waals surface area (Å²) in [4.78, 5) is 43.0. The average Bonchev–Trinajstić information content (AvgIpc) is 3.69. The molecule has 13 heteroatoms. The summed E-state index contributed by atoms with van der Waals surface area (Å²) in [7, 11) is 0. The standard InChI is InChI=1S/C31H39N9O4/c1-18(8-7-11-35-31(32)33)28(42)37-25(15-24-19(2)12-23(41)13-20(24)3)29(43)38-26(14-22-16-34-17-36-22)30-39-27(40-44-30)21-9-5-4-6-10-21/h4-6,9-10,12-13,16-18,25-26,41H,7-8,11,14-15H2,1-3H3,(H,34,36)(H,37,42)(H,38,43)(H4,32,33,35)/t18-,25+,26+/m1/s1. The predicted molar refractivity (Wildman–Crippen MR) is 165 cm³/mol. The molecule has 13 nitrogen and oxygen atoms in total. The van der Waals surface area contributed by atoms with Gasteiger partial charge in [-0.2, -0.15) is 4.98 Å². The second kappa shape index (κ2) is 14.8. The second-order valence-corrected chi connectivity index (χ2v) is 10.8. The van der Waals surface area contributed by atoms with Gasteiger partial charge in [0.2, 0.25) is 23.5 Å². The molecule has 2 amide bonds. The van der Waals surface area contributed by atoms with Crippen molar-refractivity contribution >= 4 is 17.8 Å². The molecule has 0 aliphatic heterocycles. The summed E-state index contributed by atoms with van der Waals surface area (Å²) in [5, 5.41) is 20.2. The van der Waals surface area contributed by atoms with Gasteiger partial charge in [-0.3, -0.25) is 14.6 Å².